The molecule has 39 heavy (non-hydrogen) atoms. The first-order valence-electron chi connectivity index (χ1n) is 13.6. The SMILES string of the molecule is CCOc1cc(/C=N\Nc2cc(N3CCCC3)nc(N3CCCC3)n2)ccc1OCCOc1ccc(Br)cc1. The monoisotopic (exact) mass is 594 g/mol. The van der Waals surface area contributed by atoms with Gasteiger partial charge in [0.2, 0.25) is 5.95 Å². The van der Waals surface area contributed by atoms with Crippen molar-refractivity contribution in [2.45, 2.75) is 32.6 Å². The second-order valence-corrected chi connectivity index (χ2v) is 10.4. The van der Waals surface area contributed by atoms with Gasteiger partial charge in [-0.05, 0) is 80.6 Å². The summed E-state index contributed by atoms with van der Waals surface area (Å²) in [7, 11) is 0. The minimum atomic E-state index is 0.400. The molecule has 206 valence electrons. The summed E-state index contributed by atoms with van der Waals surface area (Å²) < 4.78 is 18.5. The maximum absolute atomic E-state index is 5.94. The molecule has 0 atom stereocenters. The molecule has 2 aliphatic heterocycles. The Morgan fingerprint density at radius 3 is 2.31 bits per heavy atom. The molecule has 0 unspecified atom stereocenters. The van der Waals surface area contributed by atoms with Crippen LogP contribution in [0.2, 0.25) is 0 Å². The number of hydrogen-bond donors (Lipinski definition) is 1. The van der Waals surface area contributed by atoms with Gasteiger partial charge >= 0.3 is 0 Å². The maximum Gasteiger partial charge on any atom is 0.229 e. The molecular weight excluding hydrogens is 560 g/mol. The van der Waals surface area contributed by atoms with Crippen LogP contribution in [0.15, 0.2) is 58.1 Å². The smallest absolute Gasteiger partial charge is 0.229 e. The first-order chi connectivity index (χ1) is 19.2. The summed E-state index contributed by atoms with van der Waals surface area (Å²) in [6, 6.07) is 15.5. The summed E-state index contributed by atoms with van der Waals surface area (Å²) in [5.74, 6) is 4.57. The van der Waals surface area contributed by atoms with Crippen molar-refractivity contribution in [2.24, 2.45) is 5.10 Å². The van der Waals surface area contributed by atoms with Gasteiger partial charge in [0.05, 0.1) is 12.8 Å². The third-order valence-corrected chi connectivity index (χ3v) is 7.13. The normalized spacial score (nSPS) is 15.2. The Kier molecular flexibility index (Phi) is 9.37. The van der Waals surface area contributed by atoms with Crippen LogP contribution in [-0.4, -0.2) is 62.2 Å². The van der Waals surface area contributed by atoms with Gasteiger partial charge in [-0.1, -0.05) is 15.9 Å². The Bertz CT molecular complexity index is 1210. The number of aromatic nitrogens is 2. The molecule has 0 spiro atoms. The highest BCUT2D eigenvalue weighted by molar-refractivity contribution is 9.10. The number of nitrogens with zero attached hydrogens (tertiary/aromatic N) is 5. The fourth-order valence-electron chi connectivity index (χ4n) is 4.65. The Morgan fingerprint density at radius 1 is 0.846 bits per heavy atom. The highest BCUT2D eigenvalue weighted by Crippen LogP contribution is 2.29. The molecule has 0 bridgehead atoms. The summed E-state index contributed by atoms with van der Waals surface area (Å²) in [6.45, 7) is 7.37. The van der Waals surface area contributed by atoms with Crippen LogP contribution < -0.4 is 29.4 Å². The highest BCUT2D eigenvalue weighted by atomic mass is 79.9. The molecule has 5 rings (SSSR count). The summed E-state index contributed by atoms with van der Waals surface area (Å²) in [4.78, 5) is 14.2. The minimum Gasteiger partial charge on any atom is -0.490 e. The molecule has 0 amide bonds. The number of anilines is 3. The molecule has 1 N–H and O–H groups in total. The highest BCUT2D eigenvalue weighted by Gasteiger charge is 2.20. The number of hydrogen-bond acceptors (Lipinski definition) is 9. The number of hydrazone groups is 1. The molecule has 2 fully saturated rings. The molecule has 2 aromatic carbocycles. The summed E-state index contributed by atoms with van der Waals surface area (Å²) in [5.41, 5.74) is 4.01. The summed E-state index contributed by atoms with van der Waals surface area (Å²) >= 11 is 3.43. The van der Waals surface area contributed by atoms with Gasteiger partial charge in [0.15, 0.2) is 17.3 Å². The van der Waals surface area contributed by atoms with E-state index < -0.39 is 0 Å². The van der Waals surface area contributed by atoms with Crippen LogP contribution in [0.25, 0.3) is 0 Å². The fourth-order valence-corrected chi connectivity index (χ4v) is 4.92. The standard InChI is InChI=1S/C29H35BrN6O3/c1-2-37-26-19-22(7-12-25(26)39-18-17-38-24-10-8-23(30)9-11-24)21-31-34-27-20-28(35-13-3-4-14-35)33-29(32-27)36-15-5-6-16-36/h7-12,19-21H,2-6,13-18H2,1H3,(H,32,33,34)/b31-21-. The lowest BCUT2D eigenvalue weighted by molar-refractivity contribution is 0.208. The molecule has 3 aromatic rings. The topological polar surface area (TPSA) is 84.3 Å². The van der Waals surface area contributed by atoms with Crippen LogP contribution in [0.1, 0.15) is 38.2 Å². The number of nitrogens with one attached hydrogen (secondary N) is 1. The molecule has 2 aliphatic rings. The van der Waals surface area contributed by atoms with Crippen LogP contribution in [0.5, 0.6) is 17.2 Å². The number of halogens is 1. The number of rotatable bonds is 12. The Balaban J connectivity index is 1.21. The lowest BCUT2D eigenvalue weighted by atomic mass is 10.2. The van der Waals surface area contributed by atoms with Crippen molar-refractivity contribution < 1.29 is 14.2 Å². The van der Waals surface area contributed by atoms with E-state index in [-0.39, 0.29) is 0 Å². The van der Waals surface area contributed by atoms with E-state index in [1.807, 2.05) is 55.5 Å². The van der Waals surface area contributed by atoms with E-state index in [0.717, 1.165) is 53.7 Å². The number of ether oxygens (including phenoxy) is 3. The van der Waals surface area contributed by atoms with Crippen molar-refractivity contribution in [1.82, 2.24) is 9.97 Å². The van der Waals surface area contributed by atoms with Crippen LogP contribution >= 0.6 is 15.9 Å². The van der Waals surface area contributed by atoms with Gasteiger partial charge in [0.25, 0.3) is 0 Å². The predicted molar refractivity (Wildman–Crippen MR) is 159 cm³/mol. The summed E-state index contributed by atoms with van der Waals surface area (Å²) in [5, 5.41) is 4.47. The average molecular weight is 596 g/mol. The van der Waals surface area contributed by atoms with E-state index >= 15 is 0 Å². The van der Waals surface area contributed by atoms with Gasteiger partial charge in [0.1, 0.15) is 24.8 Å². The van der Waals surface area contributed by atoms with E-state index in [1.54, 1.807) is 6.21 Å². The average Bonchev–Trinajstić information content (AvgIpc) is 3.69. The van der Waals surface area contributed by atoms with Gasteiger partial charge in [-0.3, -0.25) is 5.43 Å². The minimum absolute atomic E-state index is 0.400. The van der Waals surface area contributed by atoms with Crippen molar-refractivity contribution >= 4 is 39.7 Å². The van der Waals surface area contributed by atoms with Crippen LogP contribution in [-0.2, 0) is 0 Å². The van der Waals surface area contributed by atoms with Crippen LogP contribution in [0, 0.1) is 0 Å². The predicted octanol–water partition coefficient (Wildman–Crippen LogP) is 5.74. The fraction of sp³-hybridized carbons (Fsp3) is 0.414. The van der Waals surface area contributed by atoms with Gasteiger partial charge in [-0.15, -0.1) is 0 Å². The first-order valence-corrected chi connectivity index (χ1v) is 14.4. The van der Waals surface area contributed by atoms with E-state index in [0.29, 0.717) is 37.1 Å². The van der Waals surface area contributed by atoms with Crippen LogP contribution in [0.3, 0.4) is 0 Å². The van der Waals surface area contributed by atoms with Gasteiger partial charge in [-0.2, -0.15) is 15.1 Å². The zero-order valence-corrected chi connectivity index (χ0v) is 23.9. The largest absolute Gasteiger partial charge is 0.490 e. The lowest BCUT2D eigenvalue weighted by Gasteiger charge is -2.21. The van der Waals surface area contributed by atoms with E-state index in [9.17, 15) is 0 Å². The third-order valence-electron chi connectivity index (χ3n) is 6.60. The molecule has 0 saturated carbocycles. The zero-order valence-electron chi connectivity index (χ0n) is 22.3. The van der Waals surface area contributed by atoms with Gasteiger partial charge in [0, 0.05) is 36.7 Å². The van der Waals surface area contributed by atoms with Crippen molar-refractivity contribution in [3.05, 3.63) is 58.6 Å². The lowest BCUT2D eigenvalue weighted by Crippen LogP contribution is -2.24. The quantitative estimate of drug-likeness (QED) is 0.161. The third kappa shape index (κ3) is 7.53. The molecule has 9 nitrogen and oxygen atoms in total. The van der Waals surface area contributed by atoms with E-state index in [4.69, 9.17) is 24.2 Å². The first kappa shape index (κ1) is 27.1. The molecular formula is C29H35BrN6O3. The zero-order chi connectivity index (χ0) is 26.9. The molecule has 3 heterocycles. The molecule has 0 aliphatic carbocycles. The maximum atomic E-state index is 5.94. The van der Waals surface area contributed by atoms with Crippen molar-refractivity contribution in [3.63, 3.8) is 0 Å². The van der Waals surface area contributed by atoms with E-state index in [1.165, 1.54) is 25.7 Å². The van der Waals surface area contributed by atoms with Crippen molar-refractivity contribution in [2.75, 3.05) is 61.2 Å². The Hall–Kier alpha value is -3.53. The molecule has 0 radical (unpaired) electrons. The van der Waals surface area contributed by atoms with Crippen molar-refractivity contribution in [1.29, 1.82) is 0 Å². The van der Waals surface area contributed by atoms with E-state index in [2.05, 4.69) is 36.3 Å². The Labute approximate surface area is 238 Å². The summed E-state index contributed by atoms with van der Waals surface area (Å²) in [6.07, 6.45) is 6.51. The molecule has 1 aromatic heterocycles. The second-order valence-electron chi connectivity index (χ2n) is 9.46. The second kappa shape index (κ2) is 13.5. The Morgan fingerprint density at radius 2 is 1.56 bits per heavy atom. The van der Waals surface area contributed by atoms with Crippen LogP contribution in [0.4, 0.5) is 17.6 Å². The molecule has 2 saturated heterocycles. The van der Waals surface area contributed by atoms with Crippen molar-refractivity contribution in [3.8, 4) is 17.2 Å². The molecule has 10 heteroatoms. The number of benzene rings is 2. The van der Waals surface area contributed by atoms with Gasteiger partial charge < -0.3 is 24.0 Å². The van der Waals surface area contributed by atoms with Gasteiger partial charge in [-0.25, -0.2) is 0 Å².